The van der Waals surface area contributed by atoms with E-state index in [1.54, 1.807) is 0 Å². The number of imidazole rings is 1. The molecule has 1 heterocycles. The summed E-state index contributed by atoms with van der Waals surface area (Å²) in [6, 6.07) is 8.15. The minimum absolute atomic E-state index is 0.0962. The molecule has 3 N–H and O–H groups in total. The fourth-order valence-electron chi connectivity index (χ4n) is 2.37. The van der Waals surface area contributed by atoms with Crippen molar-refractivity contribution in [3.63, 3.8) is 0 Å². The molecule has 0 radical (unpaired) electrons. The zero-order valence-electron chi connectivity index (χ0n) is 9.37. The first-order valence-electron chi connectivity index (χ1n) is 5.98. The van der Waals surface area contributed by atoms with Gasteiger partial charge in [-0.2, -0.15) is 0 Å². The summed E-state index contributed by atoms with van der Waals surface area (Å²) in [5, 5.41) is 0. The maximum atomic E-state index is 6.20. The first kappa shape index (κ1) is 9.85. The third-order valence-corrected chi connectivity index (χ3v) is 3.65. The lowest BCUT2D eigenvalue weighted by Gasteiger charge is -2.38. The Kier molecular flexibility index (Phi) is 2.21. The Bertz CT molecular complexity index is 464. The fourth-order valence-corrected chi connectivity index (χ4v) is 2.37. The van der Waals surface area contributed by atoms with E-state index >= 15 is 0 Å². The van der Waals surface area contributed by atoms with E-state index in [4.69, 9.17) is 5.73 Å². The van der Waals surface area contributed by atoms with Crippen LogP contribution in [-0.4, -0.2) is 15.5 Å². The van der Waals surface area contributed by atoms with Gasteiger partial charge in [-0.15, -0.1) is 0 Å². The molecule has 1 saturated carbocycles. The van der Waals surface area contributed by atoms with Crippen molar-refractivity contribution in [3.05, 3.63) is 30.1 Å². The number of nitrogens with two attached hydrogens (primary N) is 1. The summed E-state index contributed by atoms with van der Waals surface area (Å²) in [4.78, 5) is 7.91. The van der Waals surface area contributed by atoms with Crippen LogP contribution < -0.4 is 5.73 Å². The Morgan fingerprint density at radius 3 is 2.81 bits per heavy atom. The molecule has 0 unspecified atom stereocenters. The second-order valence-corrected chi connectivity index (χ2v) is 4.92. The number of para-hydroxylation sites is 2. The number of aromatic amines is 1. The topological polar surface area (TPSA) is 54.7 Å². The number of fused-ring (bicyclic) bond motifs is 1. The van der Waals surface area contributed by atoms with Gasteiger partial charge in [-0.25, -0.2) is 4.98 Å². The highest BCUT2D eigenvalue weighted by atomic mass is 14.9. The first-order chi connectivity index (χ1) is 7.75. The molecular formula is C13H17N3. The van der Waals surface area contributed by atoms with Crippen molar-refractivity contribution < 1.29 is 0 Å². The van der Waals surface area contributed by atoms with Gasteiger partial charge in [0.05, 0.1) is 11.0 Å². The smallest absolute Gasteiger partial charge is 0.107 e. The lowest BCUT2D eigenvalue weighted by atomic mass is 9.74. The molecule has 16 heavy (non-hydrogen) atoms. The van der Waals surface area contributed by atoms with Crippen LogP contribution in [0.4, 0.5) is 0 Å². The number of aromatic nitrogens is 2. The van der Waals surface area contributed by atoms with Gasteiger partial charge >= 0.3 is 0 Å². The van der Waals surface area contributed by atoms with E-state index in [9.17, 15) is 0 Å². The maximum absolute atomic E-state index is 6.20. The van der Waals surface area contributed by atoms with E-state index in [1.807, 2.05) is 18.2 Å². The van der Waals surface area contributed by atoms with Crippen molar-refractivity contribution in [1.29, 1.82) is 0 Å². The van der Waals surface area contributed by atoms with E-state index in [0.29, 0.717) is 0 Å². The van der Waals surface area contributed by atoms with Gasteiger partial charge in [0.1, 0.15) is 5.82 Å². The number of hydrogen-bond acceptors (Lipinski definition) is 2. The second-order valence-electron chi connectivity index (χ2n) is 4.92. The zero-order chi connectivity index (χ0) is 11.0. The predicted molar refractivity (Wildman–Crippen MR) is 65.2 cm³/mol. The number of rotatable bonds is 3. The Hall–Kier alpha value is -1.35. The quantitative estimate of drug-likeness (QED) is 0.826. The van der Waals surface area contributed by atoms with Crippen LogP contribution in [0.5, 0.6) is 0 Å². The van der Waals surface area contributed by atoms with Crippen molar-refractivity contribution in [1.82, 2.24) is 9.97 Å². The van der Waals surface area contributed by atoms with E-state index < -0.39 is 0 Å². The number of H-pyrrole nitrogens is 1. The SMILES string of the molecule is NC1(CCc2nc3ccccc3[nH]2)CCC1. The molecule has 0 saturated heterocycles. The minimum atomic E-state index is 0.0962. The van der Waals surface area contributed by atoms with Gasteiger partial charge < -0.3 is 10.7 Å². The van der Waals surface area contributed by atoms with Crippen LogP contribution in [0.15, 0.2) is 24.3 Å². The zero-order valence-corrected chi connectivity index (χ0v) is 9.37. The third kappa shape index (κ3) is 1.71. The molecule has 1 aliphatic carbocycles. The second kappa shape index (κ2) is 3.59. The fraction of sp³-hybridized carbons (Fsp3) is 0.462. The molecule has 0 aliphatic heterocycles. The Morgan fingerprint density at radius 1 is 1.31 bits per heavy atom. The average molecular weight is 215 g/mol. The Balaban J connectivity index is 1.74. The van der Waals surface area contributed by atoms with Crippen molar-refractivity contribution in [3.8, 4) is 0 Å². The molecule has 3 heteroatoms. The number of nitrogens with zero attached hydrogens (tertiary/aromatic N) is 1. The first-order valence-corrected chi connectivity index (χ1v) is 5.98. The third-order valence-electron chi connectivity index (χ3n) is 3.65. The highest BCUT2D eigenvalue weighted by Gasteiger charge is 2.31. The Morgan fingerprint density at radius 2 is 2.12 bits per heavy atom. The average Bonchev–Trinajstić information content (AvgIpc) is 2.66. The van der Waals surface area contributed by atoms with Crippen LogP contribution in [0.2, 0.25) is 0 Å². The highest BCUT2D eigenvalue weighted by molar-refractivity contribution is 5.74. The van der Waals surface area contributed by atoms with E-state index in [1.165, 1.54) is 19.3 Å². The van der Waals surface area contributed by atoms with Gasteiger partial charge in [0.25, 0.3) is 0 Å². The number of hydrogen-bond donors (Lipinski definition) is 2. The van der Waals surface area contributed by atoms with Crippen molar-refractivity contribution in [2.24, 2.45) is 5.73 Å². The van der Waals surface area contributed by atoms with Crippen molar-refractivity contribution >= 4 is 11.0 Å². The maximum Gasteiger partial charge on any atom is 0.107 e. The standard InChI is InChI=1S/C13H17N3/c14-13(7-3-8-13)9-6-12-15-10-4-1-2-5-11(10)16-12/h1-2,4-5H,3,6-9,14H2,(H,15,16). The lowest BCUT2D eigenvalue weighted by Crippen LogP contribution is -2.46. The number of nitrogens with one attached hydrogen (secondary N) is 1. The van der Waals surface area contributed by atoms with Crippen molar-refractivity contribution in [2.75, 3.05) is 0 Å². The summed E-state index contributed by atoms with van der Waals surface area (Å²) in [5.41, 5.74) is 8.47. The van der Waals surface area contributed by atoms with E-state index in [0.717, 1.165) is 29.7 Å². The van der Waals surface area contributed by atoms with E-state index in [2.05, 4.69) is 16.0 Å². The summed E-state index contributed by atoms with van der Waals surface area (Å²) in [5.74, 6) is 1.07. The summed E-state index contributed by atoms with van der Waals surface area (Å²) in [7, 11) is 0. The van der Waals surface area contributed by atoms with Crippen LogP contribution >= 0.6 is 0 Å². The Labute approximate surface area is 95.1 Å². The van der Waals surface area contributed by atoms with Gasteiger partial charge in [-0.1, -0.05) is 12.1 Å². The van der Waals surface area contributed by atoms with Gasteiger partial charge in [0, 0.05) is 12.0 Å². The van der Waals surface area contributed by atoms with Crippen LogP contribution in [0, 0.1) is 0 Å². The van der Waals surface area contributed by atoms with Crippen LogP contribution in [-0.2, 0) is 6.42 Å². The molecule has 2 aromatic rings. The summed E-state index contributed by atoms with van der Waals surface area (Å²) >= 11 is 0. The molecule has 3 rings (SSSR count). The summed E-state index contributed by atoms with van der Waals surface area (Å²) < 4.78 is 0. The normalized spacial score (nSPS) is 18.6. The van der Waals surface area contributed by atoms with Crippen LogP contribution in [0.25, 0.3) is 11.0 Å². The molecule has 1 aliphatic rings. The van der Waals surface area contributed by atoms with Crippen LogP contribution in [0.1, 0.15) is 31.5 Å². The van der Waals surface area contributed by atoms with Gasteiger partial charge in [-0.3, -0.25) is 0 Å². The van der Waals surface area contributed by atoms with Gasteiger partial charge in [0.15, 0.2) is 0 Å². The number of aryl methyl sites for hydroxylation is 1. The molecule has 1 aromatic carbocycles. The molecule has 3 nitrogen and oxygen atoms in total. The largest absolute Gasteiger partial charge is 0.342 e. The van der Waals surface area contributed by atoms with E-state index in [-0.39, 0.29) is 5.54 Å². The van der Waals surface area contributed by atoms with Crippen molar-refractivity contribution in [2.45, 2.75) is 37.6 Å². The van der Waals surface area contributed by atoms with Gasteiger partial charge in [0.2, 0.25) is 0 Å². The summed E-state index contributed by atoms with van der Waals surface area (Å²) in [6.45, 7) is 0. The number of benzene rings is 1. The van der Waals surface area contributed by atoms with Crippen LogP contribution in [0.3, 0.4) is 0 Å². The molecule has 0 bridgehead atoms. The molecule has 1 aromatic heterocycles. The molecule has 84 valence electrons. The van der Waals surface area contributed by atoms with Gasteiger partial charge in [-0.05, 0) is 37.8 Å². The predicted octanol–water partition coefficient (Wildman–Crippen LogP) is 2.38. The molecular weight excluding hydrogens is 198 g/mol. The highest BCUT2D eigenvalue weighted by Crippen LogP contribution is 2.32. The lowest BCUT2D eigenvalue weighted by molar-refractivity contribution is 0.231. The molecule has 0 atom stereocenters. The molecule has 1 fully saturated rings. The molecule has 0 amide bonds. The summed E-state index contributed by atoms with van der Waals surface area (Å²) in [6.07, 6.45) is 5.65. The molecule has 0 spiro atoms. The minimum Gasteiger partial charge on any atom is -0.342 e. The monoisotopic (exact) mass is 215 g/mol.